The summed E-state index contributed by atoms with van der Waals surface area (Å²) < 4.78 is 5.21. The summed E-state index contributed by atoms with van der Waals surface area (Å²) >= 11 is 5.99. The van der Waals surface area contributed by atoms with E-state index >= 15 is 0 Å². The van der Waals surface area contributed by atoms with Crippen LogP contribution in [0.5, 0.6) is 5.75 Å². The number of ether oxygens (including phenoxy) is 1. The summed E-state index contributed by atoms with van der Waals surface area (Å²) in [4.78, 5) is 2.21. The molecule has 0 aliphatic heterocycles. The minimum Gasteiger partial charge on any atom is -0.495 e. The zero-order chi connectivity index (χ0) is 12.3. The third kappa shape index (κ3) is 3.60. The lowest BCUT2D eigenvalue weighted by Gasteiger charge is -2.28. The fourth-order valence-corrected chi connectivity index (χ4v) is 1.88. The van der Waals surface area contributed by atoms with Crippen LogP contribution in [0.4, 0.5) is 5.69 Å². The van der Waals surface area contributed by atoms with Crippen molar-refractivity contribution in [1.29, 1.82) is 0 Å². The molecule has 1 aromatic carbocycles. The highest BCUT2D eigenvalue weighted by molar-refractivity contribution is 6.32. The molecule has 0 atom stereocenters. The first kappa shape index (κ1) is 13.2. The molecule has 0 amide bonds. The van der Waals surface area contributed by atoms with Crippen molar-refractivity contribution >= 4 is 17.3 Å². The second kappa shape index (κ2) is 4.96. The molecular formula is C13H20ClNO. The van der Waals surface area contributed by atoms with Gasteiger partial charge in [0.1, 0.15) is 5.75 Å². The Kier molecular flexibility index (Phi) is 4.09. The maximum absolute atomic E-state index is 5.99. The van der Waals surface area contributed by atoms with Crippen molar-refractivity contribution in [3.63, 3.8) is 0 Å². The molecule has 0 spiro atoms. The minimum absolute atomic E-state index is 0.265. The van der Waals surface area contributed by atoms with Crippen LogP contribution in [0.2, 0.25) is 5.02 Å². The van der Waals surface area contributed by atoms with Crippen LogP contribution in [-0.2, 0) is 0 Å². The maximum atomic E-state index is 5.99. The molecule has 0 aromatic heterocycles. The summed E-state index contributed by atoms with van der Waals surface area (Å²) in [6.07, 6.45) is 0. The Morgan fingerprint density at radius 2 is 1.94 bits per heavy atom. The van der Waals surface area contributed by atoms with E-state index in [1.54, 1.807) is 7.11 Å². The van der Waals surface area contributed by atoms with Gasteiger partial charge in [-0.15, -0.1) is 0 Å². The zero-order valence-corrected chi connectivity index (χ0v) is 11.4. The van der Waals surface area contributed by atoms with Crippen LogP contribution in [0.25, 0.3) is 0 Å². The lowest BCUT2D eigenvalue weighted by atomic mass is 9.96. The Morgan fingerprint density at radius 1 is 1.31 bits per heavy atom. The van der Waals surface area contributed by atoms with Gasteiger partial charge in [-0.2, -0.15) is 0 Å². The normalized spacial score (nSPS) is 11.4. The fraction of sp³-hybridized carbons (Fsp3) is 0.538. The van der Waals surface area contributed by atoms with Crippen LogP contribution < -0.4 is 9.64 Å². The Balaban J connectivity index is 2.88. The predicted molar refractivity (Wildman–Crippen MR) is 70.7 cm³/mol. The van der Waals surface area contributed by atoms with Gasteiger partial charge in [-0.05, 0) is 17.5 Å². The van der Waals surface area contributed by atoms with Crippen LogP contribution in [0, 0.1) is 5.41 Å². The number of hydrogen-bond donors (Lipinski definition) is 0. The summed E-state index contributed by atoms with van der Waals surface area (Å²) in [6, 6.07) is 5.85. The Morgan fingerprint density at radius 3 is 2.44 bits per heavy atom. The molecule has 16 heavy (non-hydrogen) atoms. The van der Waals surface area contributed by atoms with Crippen molar-refractivity contribution in [3.8, 4) is 5.75 Å². The Labute approximate surface area is 103 Å². The first-order chi connectivity index (χ1) is 7.33. The topological polar surface area (TPSA) is 12.5 Å². The average Bonchev–Trinajstić information content (AvgIpc) is 2.15. The number of anilines is 1. The second-order valence-electron chi connectivity index (χ2n) is 5.24. The molecule has 0 fully saturated rings. The van der Waals surface area contributed by atoms with Gasteiger partial charge in [-0.3, -0.25) is 0 Å². The van der Waals surface area contributed by atoms with Crippen LogP contribution in [-0.4, -0.2) is 20.7 Å². The zero-order valence-electron chi connectivity index (χ0n) is 10.7. The van der Waals surface area contributed by atoms with E-state index < -0.39 is 0 Å². The quantitative estimate of drug-likeness (QED) is 0.798. The molecule has 1 rings (SSSR count). The first-order valence-corrected chi connectivity index (χ1v) is 5.76. The van der Waals surface area contributed by atoms with Gasteiger partial charge in [0.2, 0.25) is 0 Å². The molecule has 1 aromatic rings. The minimum atomic E-state index is 0.265. The number of methoxy groups -OCH3 is 1. The molecule has 0 N–H and O–H groups in total. The van der Waals surface area contributed by atoms with E-state index in [4.69, 9.17) is 16.3 Å². The molecular weight excluding hydrogens is 222 g/mol. The number of nitrogens with zero attached hydrogens (tertiary/aromatic N) is 1. The van der Waals surface area contributed by atoms with E-state index in [2.05, 4.69) is 32.7 Å². The third-order valence-corrected chi connectivity index (χ3v) is 2.60. The van der Waals surface area contributed by atoms with Crippen LogP contribution in [0.15, 0.2) is 18.2 Å². The maximum Gasteiger partial charge on any atom is 0.139 e. The van der Waals surface area contributed by atoms with Crippen molar-refractivity contribution in [1.82, 2.24) is 0 Å². The average molecular weight is 242 g/mol. The van der Waals surface area contributed by atoms with Gasteiger partial charge in [0, 0.05) is 25.3 Å². The van der Waals surface area contributed by atoms with E-state index in [0.29, 0.717) is 5.02 Å². The molecule has 0 saturated heterocycles. The molecule has 0 unspecified atom stereocenters. The Bertz CT molecular complexity index is 357. The molecule has 0 radical (unpaired) electrons. The molecule has 0 aliphatic rings. The highest BCUT2D eigenvalue weighted by Gasteiger charge is 2.14. The number of benzene rings is 1. The third-order valence-electron chi connectivity index (χ3n) is 2.29. The van der Waals surface area contributed by atoms with Gasteiger partial charge in [0.05, 0.1) is 12.1 Å². The second-order valence-corrected chi connectivity index (χ2v) is 5.64. The molecule has 0 saturated carbocycles. The molecule has 3 heteroatoms. The van der Waals surface area contributed by atoms with Gasteiger partial charge in [0.15, 0.2) is 0 Å². The van der Waals surface area contributed by atoms with Gasteiger partial charge in [-0.25, -0.2) is 0 Å². The smallest absolute Gasteiger partial charge is 0.139 e. The molecule has 0 heterocycles. The SMILES string of the molecule is COc1cc(N(C)CC(C)(C)C)ccc1Cl. The standard InChI is InChI=1S/C13H20ClNO/c1-13(2,3)9-15(4)10-6-7-11(14)12(8-10)16-5/h6-8H,9H2,1-5H3. The van der Waals surface area contributed by atoms with E-state index in [-0.39, 0.29) is 5.41 Å². The van der Waals surface area contributed by atoms with E-state index in [0.717, 1.165) is 18.0 Å². The monoisotopic (exact) mass is 241 g/mol. The first-order valence-electron chi connectivity index (χ1n) is 5.38. The largest absolute Gasteiger partial charge is 0.495 e. The number of rotatable bonds is 3. The predicted octanol–water partition coefficient (Wildman–Crippen LogP) is 3.83. The van der Waals surface area contributed by atoms with Crippen LogP contribution in [0.3, 0.4) is 0 Å². The summed E-state index contributed by atoms with van der Waals surface area (Å²) in [6.45, 7) is 7.64. The van der Waals surface area contributed by atoms with Gasteiger partial charge in [-0.1, -0.05) is 32.4 Å². The van der Waals surface area contributed by atoms with Crippen LogP contribution >= 0.6 is 11.6 Å². The van der Waals surface area contributed by atoms with E-state index in [9.17, 15) is 0 Å². The van der Waals surface area contributed by atoms with Gasteiger partial charge in [0.25, 0.3) is 0 Å². The highest BCUT2D eigenvalue weighted by atomic mass is 35.5. The lowest BCUT2D eigenvalue weighted by molar-refractivity contribution is 0.411. The van der Waals surface area contributed by atoms with Crippen LogP contribution in [0.1, 0.15) is 20.8 Å². The van der Waals surface area contributed by atoms with Crippen molar-refractivity contribution in [3.05, 3.63) is 23.2 Å². The lowest BCUT2D eigenvalue weighted by Crippen LogP contribution is -2.29. The molecule has 0 bridgehead atoms. The molecule has 90 valence electrons. The summed E-state index contributed by atoms with van der Waals surface area (Å²) in [5, 5.41) is 0.649. The van der Waals surface area contributed by atoms with Gasteiger partial charge < -0.3 is 9.64 Å². The van der Waals surface area contributed by atoms with Crippen molar-refractivity contribution in [2.45, 2.75) is 20.8 Å². The highest BCUT2D eigenvalue weighted by Crippen LogP contribution is 2.30. The molecule has 2 nitrogen and oxygen atoms in total. The number of hydrogen-bond acceptors (Lipinski definition) is 2. The summed E-state index contributed by atoms with van der Waals surface area (Å²) in [5.74, 6) is 0.722. The molecule has 0 aliphatic carbocycles. The van der Waals surface area contributed by atoms with Gasteiger partial charge >= 0.3 is 0 Å². The fourth-order valence-electron chi connectivity index (χ4n) is 1.69. The summed E-state index contributed by atoms with van der Waals surface area (Å²) in [7, 11) is 3.71. The Hall–Kier alpha value is -0.890. The van der Waals surface area contributed by atoms with Crippen molar-refractivity contribution < 1.29 is 4.74 Å². The number of halogens is 1. The van der Waals surface area contributed by atoms with Crippen molar-refractivity contribution in [2.24, 2.45) is 5.41 Å². The summed E-state index contributed by atoms with van der Waals surface area (Å²) in [5.41, 5.74) is 1.39. The van der Waals surface area contributed by atoms with E-state index in [1.807, 2.05) is 18.2 Å². The van der Waals surface area contributed by atoms with Crippen molar-refractivity contribution in [2.75, 3.05) is 25.6 Å². The van der Waals surface area contributed by atoms with E-state index in [1.165, 1.54) is 0 Å².